The molecule has 0 radical (unpaired) electrons. The van der Waals surface area contributed by atoms with E-state index in [1.807, 2.05) is 25.1 Å². The zero-order valence-corrected chi connectivity index (χ0v) is 10.5. The molecule has 0 aliphatic heterocycles. The molecule has 2 aromatic carbocycles. The highest BCUT2D eigenvalue weighted by molar-refractivity contribution is 6.30. The summed E-state index contributed by atoms with van der Waals surface area (Å²) in [6.07, 6.45) is 0. The first-order valence-electron chi connectivity index (χ1n) is 5.34. The van der Waals surface area contributed by atoms with Crippen LogP contribution in [-0.4, -0.2) is 0 Å². The second-order valence-corrected chi connectivity index (χ2v) is 4.28. The summed E-state index contributed by atoms with van der Waals surface area (Å²) in [6, 6.07) is 12.4. The number of ether oxygens (including phenoxy) is 1. The smallest absolute Gasteiger partial charge is 0.153 e. The number of aryl methyl sites for hydroxylation is 1. The normalized spacial score (nSPS) is 9.83. The van der Waals surface area contributed by atoms with Crippen molar-refractivity contribution >= 4 is 17.3 Å². The van der Waals surface area contributed by atoms with Gasteiger partial charge in [0.15, 0.2) is 5.75 Å². The number of benzene rings is 2. The fourth-order valence-corrected chi connectivity index (χ4v) is 1.78. The molecule has 0 fully saturated rings. The average molecular weight is 259 g/mol. The Hall–Kier alpha value is -2.18. The van der Waals surface area contributed by atoms with Crippen molar-refractivity contribution in [3.63, 3.8) is 0 Å². The highest BCUT2D eigenvalue weighted by Crippen LogP contribution is 2.33. The van der Waals surface area contributed by atoms with Crippen LogP contribution >= 0.6 is 11.6 Å². The van der Waals surface area contributed by atoms with Crippen molar-refractivity contribution in [2.75, 3.05) is 5.73 Å². The second kappa shape index (κ2) is 4.99. The predicted octanol–water partition coefficient (Wildman–Crippen LogP) is 3.89. The van der Waals surface area contributed by atoms with Crippen LogP contribution in [0.25, 0.3) is 0 Å². The van der Waals surface area contributed by atoms with Gasteiger partial charge in [-0.3, -0.25) is 0 Å². The van der Waals surface area contributed by atoms with Crippen LogP contribution < -0.4 is 10.5 Å². The van der Waals surface area contributed by atoms with E-state index in [1.54, 1.807) is 24.3 Å². The Kier molecular flexibility index (Phi) is 3.40. The van der Waals surface area contributed by atoms with Gasteiger partial charge in [-0.25, -0.2) is 0 Å². The molecule has 0 aliphatic rings. The third-order valence-electron chi connectivity index (χ3n) is 2.52. The van der Waals surface area contributed by atoms with Gasteiger partial charge in [0, 0.05) is 5.02 Å². The lowest BCUT2D eigenvalue weighted by atomic mass is 10.2. The molecule has 0 aliphatic carbocycles. The van der Waals surface area contributed by atoms with Crippen molar-refractivity contribution in [1.82, 2.24) is 0 Å². The molecule has 0 spiro atoms. The Morgan fingerprint density at radius 2 is 2.06 bits per heavy atom. The summed E-state index contributed by atoms with van der Waals surface area (Å²) in [7, 11) is 0. The van der Waals surface area contributed by atoms with Crippen molar-refractivity contribution < 1.29 is 4.74 Å². The summed E-state index contributed by atoms with van der Waals surface area (Å²) in [5.74, 6) is 1.01. The Morgan fingerprint density at radius 3 is 2.72 bits per heavy atom. The Labute approximate surface area is 110 Å². The minimum atomic E-state index is 0.380. The monoisotopic (exact) mass is 258 g/mol. The number of anilines is 1. The fourth-order valence-electron chi connectivity index (χ4n) is 1.60. The summed E-state index contributed by atoms with van der Waals surface area (Å²) in [5, 5.41) is 9.54. The van der Waals surface area contributed by atoms with Crippen molar-refractivity contribution in [3.05, 3.63) is 52.5 Å². The molecule has 18 heavy (non-hydrogen) atoms. The van der Waals surface area contributed by atoms with Crippen LogP contribution in [0.15, 0.2) is 36.4 Å². The molecule has 2 aromatic rings. The van der Waals surface area contributed by atoms with Gasteiger partial charge in [0.1, 0.15) is 11.8 Å². The maximum absolute atomic E-state index is 9.04. The molecular formula is C14H11ClN2O. The molecule has 0 unspecified atom stereocenters. The third kappa shape index (κ3) is 2.39. The SMILES string of the molecule is Cc1cccc(N)c1Oc1ccc(Cl)cc1C#N. The first-order valence-corrected chi connectivity index (χ1v) is 5.72. The Bertz CT molecular complexity index is 612. The van der Waals surface area contributed by atoms with E-state index in [1.165, 1.54) is 0 Å². The van der Waals surface area contributed by atoms with E-state index < -0.39 is 0 Å². The quantitative estimate of drug-likeness (QED) is 0.831. The fraction of sp³-hybridized carbons (Fsp3) is 0.0714. The lowest BCUT2D eigenvalue weighted by Gasteiger charge is -2.12. The van der Waals surface area contributed by atoms with E-state index in [2.05, 4.69) is 0 Å². The highest BCUT2D eigenvalue weighted by Gasteiger charge is 2.09. The van der Waals surface area contributed by atoms with E-state index in [0.717, 1.165) is 5.56 Å². The molecule has 2 rings (SSSR count). The molecule has 0 bridgehead atoms. The first-order chi connectivity index (χ1) is 8.61. The predicted molar refractivity (Wildman–Crippen MR) is 71.8 cm³/mol. The third-order valence-corrected chi connectivity index (χ3v) is 2.75. The molecule has 4 heteroatoms. The van der Waals surface area contributed by atoms with Crippen molar-refractivity contribution in [1.29, 1.82) is 5.26 Å². The maximum Gasteiger partial charge on any atom is 0.153 e. The van der Waals surface area contributed by atoms with Gasteiger partial charge in [-0.05, 0) is 36.8 Å². The molecule has 0 saturated heterocycles. The van der Waals surface area contributed by atoms with Gasteiger partial charge < -0.3 is 10.5 Å². The van der Waals surface area contributed by atoms with Gasteiger partial charge in [0.2, 0.25) is 0 Å². The summed E-state index contributed by atoms with van der Waals surface area (Å²) >= 11 is 5.83. The molecule has 0 saturated carbocycles. The molecule has 0 atom stereocenters. The van der Waals surface area contributed by atoms with Gasteiger partial charge in [0.25, 0.3) is 0 Å². The molecule has 0 heterocycles. The van der Waals surface area contributed by atoms with Gasteiger partial charge in [0.05, 0.1) is 11.3 Å². The minimum Gasteiger partial charge on any atom is -0.454 e. The van der Waals surface area contributed by atoms with Crippen LogP contribution in [0.5, 0.6) is 11.5 Å². The van der Waals surface area contributed by atoms with E-state index >= 15 is 0 Å². The van der Waals surface area contributed by atoms with Crippen molar-refractivity contribution in [3.8, 4) is 17.6 Å². The highest BCUT2D eigenvalue weighted by atomic mass is 35.5. The summed E-state index contributed by atoms with van der Waals surface area (Å²) in [6.45, 7) is 1.90. The standard InChI is InChI=1S/C14H11ClN2O/c1-9-3-2-4-12(17)14(9)18-13-6-5-11(15)7-10(13)8-16/h2-7H,17H2,1H3. The molecule has 0 aromatic heterocycles. The van der Waals surface area contributed by atoms with Gasteiger partial charge in [-0.1, -0.05) is 23.7 Å². The molecular weight excluding hydrogens is 248 g/mol. The largest absolute Gasteiger partial charge is 0.454 e. The lowest BCUT2D eigenvalue weighted by Crippen LogP contribution is -1.95. The summed E-state index contributed by atoms with van der Waals surface area (Å²) < 4.78 is 5.71. The zero-order valence-electron chi connectivity index (χ0n) is 9.77. The topological polar surface area (TPSA) is 59.0 Å². The van der Waals surface area contributed by atoms with Gasteiger partial charge in [-0.15, -0.1) is 0 Å². The number of nitrogen functional groups attached to an aromatic ring is 1. The summed E-state index contributed by atoms with van der Waals surface area (Å²) in [4.78, 5) is 0. The van der Waals surface area contributed by atoms with Crippen LogP contribution in [-0.2, 0) is 0 Å². The van der Waals surface area contributed by atoms with E-state index in [4.69, 9.17) is 27.3 Å². The number of rotatable bonds is 2. The summed E-state index contributed by atoms with van der Waals surface area (Å²) in [5.41, 5.74) is 7.68. The first kappa shape index (κ1) is 12.3. The number of nitriles is 1. The number of nitrogens with zero attached hydrogens (tertiary/aromatic N) is 1. The number of para-hydroxylation sites is 1. The number of hydrogen-bond acceptors (Lipinski definition) is 3. The van der Waals surface area contributed by atoms with Crippen molar-refractivity contribution in [2.24, 2.45) is 0 Å². The van der Waals surface area contributed by atoms with E-state index in [-0.39, 0.29) is 0 Å². The van der Waals surface area contributed by atoms with Crippen LogP contribution in [0.4, 0.5) is 5.69 Å². The molecule has 3 nitrogen and oxygen atoms in total. The lowest BCUT2D eigenvalue weighted by molar-refractivity contribution is 0.480. The molecule has 2 N–H and O–H groups in total. The van der Waals surface area contributed by atoms with Gasteiger partial charge >= 0.3 is 0 Å². The van der Waals surface area contributed by atoms with Crippen LogP contribution in [0.3, 0.4) is 0 Å². The van der Waals surface area contributed by atoms with Crippen LogP contribution in [0, 0.1) is 18.3 Å². The second-order valence-electron chi connectivity index (χ2n) is 3.85. The number of nitrogens with two attached hydrogens (primary N) is 1. The molecule has 0 amide bonds. The Morgan fingerprint density at radius 1 is 1.28 bits per heavy atom. The minimum absolute atomic E-state index is 0.380. The Balaban J connectivity index is 2.44. The average Bonchev–Trinajstić information content (AvgIpc) is 2.35. The van der Waals surface area contributed by atoms with Crippen LogP contribution in [0.1, 0.15) is 11.1 Å². The van der Waals surface area contributed by atoms with Crippen LogP contribution in [0.2, 0.25) is 5.02 Å². The van der Waals surface area contributed by atoms with E-state index in [9.17, 15) is 0 Å². The van der Waals surface area contributed by atoms with Crippen molar-refractivity contribution in [2.45, 2.75) is 6.92 Å². The molecule has 90 valence electrons. The van der Waals surface area contributed by atoms with E-state index in [0.29, 0.717) is 27.8 Å². The zero-order chi connectivity index (χ0) is 13.1. The number of hydrogen-bond donors (Lipinski definition) is 1. The maximum atomic E-state index is 9.04. The number of halogens is 1. The van der Waals surface area contributed by atoms with Gasteiger partial charge in [-0.2, -0.15) is 5.26 Å².